The fourth-order valence-electron chi connectivity index (χ4n) is 1.64. The summed E-state index contributed by atoms with van der Waals surface area (Å²) < 4.78 is 13.1. The van der Waals surface area contributed by atoms with Crippen LogP contribution in [0.4, 0.5) is 14.9 Å². The lowest BCUT2D eigenvalue weighted by molar-refractivity contribution is -0.139. The predicted molar refractivity (Wildman–Crippen MR) is 74.4 cm³/mol. The number of urea groups is 1. The number of anilines is 1. The predicted octanol–water partition coefficient (Wildman–Crippen LogP) is 3.10. The van der Waals surface area contributed by atoms with Crippen LogP contribution in [-0.2, 0) is 4.79 Å². The molecule has 0 aliphatic carbocycles. The maximum Gasteiger partial charge on any atom is 0.326 e. The highest BCUT2D eigenvalue weighted by Crippen LogP contribution is 2.18. The smallest absolute Gasteiger partial charge is 0.326 e. The minimum Gasteiger partial charge on any atom is -0.480 e. The standard InChI is InChI=1S/C13H16ClFN2O3/c1-7(2)3-11(12(18)19)17-13(20)16-10-5-8(14)4-9(15)6-10/h4-7,11H,3H2,1-2H3,(H,18,19)(H2,16,17,20). The van der Waals surface area contributed by atoms with Crippen LogP contribution in [0.5, 0.6) is 0 Å². The summed E-state index contributed by atoms with van der Waals surface area (Å²) in [5.41, 5.74) is 0.154. The van der Waals surface area contributed by atoms with Crippen LogP contribution >= 0.6 is 11.6 Å². The van der Waals surface area contributed by atoms with Crippen LogP contribution in [0.25, 0.3) is 0 Å². The lowest BCUT2D eigenvalue weighted by Crippen LogP contribution is -2.43. The van der Waals surface area contributed by atoms with Gasteiger partial charge in [-0.1, -0.05) is 25.4 Å². The van der Waals surface area contributed by atoms with Crippen LogP contribution in [-0.4, -0.2) is 23.1 Å². The zero-order chi connectivity index (χ0) is 15.3. The fourth-order valence-corrected chi connectivity index (χ4v) is 1.87. The van der Waals surface area contributed by atoms with E-state index >= 15 is 0 Å². The van der Waals surface area contributed by atoms with E-state index in [2.05, 4.69) is 10.6 Å². The first-order valence-corrected chi connectivity index (χ1v) is 6.42. The summed E-state index contributed by atoms with van der Waals surface area (Å²) in [6.45, 7) is 3.70. The molecule has 0 saturated carbocycles. The van der Waals surface area contributed by atoms with E-state index in [0.717, 1.165) is 12.1 Å². The molecule has 0 fully saturated rings. The van der Waals surface area contributed by atoms with Gasteiger partial charge in [0.2, 0.25) is 0 Å². The summed E-state index contributed by atoms with van der Waals surface area (Å²) in [7, 11) is 0. The molecule has 3 N–H and O–H groups in total. The Kier molecular flexibility index (Phi) is 5.76. The van der Waals surface area contributed by atoms with E-state index in [9.17, 15) is 14.0 Å². The van der Waals surface area contributed by atoms with Crippen LogP contribution in [0.3, 0.4) is 0 Å². The summed E-state index contributed by atoms with van der Waals surface area (Å²) in [6, 6.07) is 1.83. The molecule has 0 aliphatic heterocycles. The van der Waals surface area contributed by atoms with Crippen molar-refractivity contribution in [2.45, 2.75) is 26.3 Å². The molecule has 1 unspecified atom stereocenters. The van der Waals surface area contributed by atoms with E-state index in [-0.39, 0.29) is 16.6 Å². The van der Waals surface area contributed by atoms with Crippen molar-refractivity contribution >= 4 is 29.3 Å². The number of carboxylic acids is 1. The number of nitrogens with one attached hydrogen (secondary N) is 2. The van der Waals surface area contributed by atoms with Crippen molar-refractivity contribution in [2.75, 3.05) is 5.32 Å². The minimum absolute atomic E-state index is 0.111. The first-order valence-electron chi connectivity index (χ1n) is 6.04. The van der Waals surface area contributed by atoms with Crippen molar-refractivity contribution in [2.24, 2.45) is 5.92 Å². The van der Waals surface area contributed by atoms with Gasteiger partial charge in [0.1, 0.15) is 11.9 Å². The molecule has 0 spiro atoms. The Morgan fingerprint density at radius 1 is 1.35 bits per heavy atom. The van der Waals surface area contributed by atoms with Crippen molar-refractivity contribution in [1.29, 1.82) is 0 Å². The minimum atomic E-state index is -1.12. The number of rotatable bonds is 5. The normalized spacial score (nSPS) is 12.1. The maximum absolute atomic E-state index is 13.1. The Labute approximate surface area is 121 Å². The highest BCUT2D eigenvalue weighted by atomic mass is 35.5. The highest BCUT2D eigenvalue weighted by Gasteiger charge is 2.21. The largest absolute Gasteiger partial charge is 0.480 e. The molecular weight excluding hydrogens is 287 g/mol. The van der Waals surface area contributed by atoms with E-state index in [0.29, 0.717) is 6.42 Å². The van der Waals surface area contributed by atoms with Gasteiger partial charge in [-0.05, 0) is 30.5 Å². The van der Waals surface area contributed by atoms with Gasteiger partial charge >= 0.3 is 12.0 Å². The molecular formula is C13H16ClFN2O3. The highest BCUT2D eigenvalue weighted by molar-refractivity contribution is 6.30. The van der Waals surface area contributed by atoms with Gasteiger partial charge in [-0.15, -0.1) is 0 Å². The zero-order valence-corrected chi connectivity index (χ0v) is 11.9. The lowest BCUT2D eigenvalue weighted by Gasteiger charge is -2.17. The molecule has 20 heavy (non-hydrogen) atoms. The van der Waals surface area contributed by atoms with E-state index in [4.69, 9.17) is 16.7 Å². The third-order valence-electron chi connectivity index (χ3n) is 2.43. The SMILES string of the molecule is CC(C)CC(NC(=O)Nc1cc(F)cc(Cl)c1)C(=O)O. The van der Waals surface area contributed by atoms with Crippen molar-refractivity contribution in [3.8, 4) is 0 Å². The summed E-state index contributed by atoms with van der Waals surface area (Å²) >= 11 is 5.65. The summed E-state index contributed by atoms with van der Waals surface area (Å²) in [4.78, 5) is 22.7. The molecule has 0 saturated heterocycles. The van der Waals surface area contributed by atoms with Crippen molar-refractivity contribution < 1.29 is 19.1 Å². The fraction of sp³-hybridized carbons (Fsp3) is 0.385. The van der Waals surface area contributed by atoms with Crippen LogP contribution in [0, 0.1) is 11.7 Å². The second-order valence-electron chi connectivity index (χ2n) is 4.78. The molecule has 1 aromatic carbocycles. The number of aliphatic carboxylic acids is 1. The number of benzene rings is 1. The quantitative estimate of drug-likeness (QED) is 0.782. The van der Waals surface area contributed by atoms with Crippen LogP contribution in [0.15, 0.2) is 18.2 Å². The molecule has 0 bridgehead atoms. The van der Waals surface area contributed by atoms with Crippen molar-refractivity contribution in [3.63, 3.8) is 0 Å². The molecule has 1 atom stereocenters. The molecule has 0 radical (unpaired) electrons. The number of hydrogen-bond donors (Lipinski definition) is 3. The first-order chi connectivity index (χ1) is 9.27. The van der Waals surface area contributed by atoms with E-state index < -0.39 is 23.9 Å². The average Bonchev–Trinajstić information content (AvgIpc) is 2.25. The molecule has 1 rings (SSSR count). The number of carbonyl (C=O) groups is 2. The van der Waals surface area contributed by atoms with Crippen LogP contribution in [0.1, 0.15) is 20.3 Å². The Hall–Kier alpha value is -1.82. The Balaban J connectivity index is 2.68. The lowest BCUT2D eigenvalue weighted by atomic mass is 10.0. The molecule has 2 amide bonds. The van der Waals surface area contributed by atoms with Crippen molar-refractivity contribution in [3.05, 3.63) is 29.0 Å². The number of halogens is 2. The third-order valence-corrected chi connectivity index (χ3v) is 2.65. The maximum atomic E-state index is 13.1. The monoisotopic (exact) mass is 302 g/mol. The number of amides is 2. The van der Waals surface area contributed by atoms with E-state index in [1.54, 1.807) is 0 Å². The molecule has 110 valence electrons. The first kappa shape index (κ1) is 16.2. The molecule has 0 aromatic heterocycles. The topological polar surface area (TPSA) is 78.4 Å². The van der Waals surface area contributed by atoms with Gasteiger partial charge in [-0.2, -0.15) is 0 Å². The number of hydrogen-bond acceptors (Lipinski definition) is 2. The second kappa shape index (κ2) is 7.09. The zero-order valence-electron chi connectivity index (χ0n) is 11.1. The third kappa shape index (κ3) is 5.44. The van der Waals surface area contributed by atoms with Gasteiger partial charge < -0.3 is 15.7 Å². The van der Waals surface area contributed by atoms with Gasteiger partial charge in [-0.3, -0.25) is 0 Å². The van der Waals surface area contributed by atoms with Gasteiger partial charge in [0.25, 0.3) is 0 Å². The van der Waals surface area contributed by atoms with Gasteiger partial charge in [0.05, 0.1) is 0 Å². The average molecular weight is 303 g/mol. The number of carboxylic acid groups (broad SMARTS) is 1. The van der Waals surface area contributed by atoms with Gasteiger partial charge in [0.15, 0.2) is 0 Å². The van der Waals surface area contributed by atoms with Gasteiger partial charge in [-0.25, -0.2) is 14.0 Å². The summed E-state index contributed by atoms with van der Waals surface area (Å²) in [5.74, 6) is -1.60. The summed E-state index contributed by atoms with van der Waals surface area (Å²) in [5, 5.41) is 13.8. The Morgan fingerprint density at radius 2 is 2.00 bits per heavy atom. The molecule has 5 nitrogen and oxygen atoms in total. The summed E-state index contributed by atoms with van der Waals surface area (Å²) in [6.07, 6.45) is 0.298. The van der Waals surface area contributed by atoms with Crippen LogP contribution in [0.2, 0.25) is 5.02 Å². The molecule has 0 heterocycles. The molecule has 1 aromatic rings. The van der Waals surface area contributed by atoms with E-state index in [1.165, 1.54) is 6.07 Å². The van der Waals surface area contributed by atoms with E-state index in [1.807, 2.05) is 13.8 Å². The number of carbonyl (C=O) groups excluding carboxylic acids is 1. The van der Waals surface area contributed by atoms with Crippen LogP contribution < -0.4 is 10.6 Å². The molecule has 7 heteroatoms. The Bertz CT molecular complexity index is 488. The Morgan fingerprint density at radius 3 is 2.50 bits per heavy atom. The molecule has 0 aliphatic rings. The van der Waals surface area contributed by atoms with Crippen molar-refractivity contribution in [1.82, 2.24) is 5.32 Å². The second-order valence-corrected chi connectivity index (χ2v) is 5.21. The van der Waals surface area contributed by atoms with Gasteiger partial charge in [0, 0.05) is 10.7 Å².